The Balaban J connectivity index is 2.07. The summed E-state index contributed by atoms with van der Waals surface area (Å²) in [6.07, 6.45) is 0.804. The number of hydrogen-bond donors (Lipinski definition) is 3. The third-order valence-electron chi connectivity index (χ3n) is 4.79. The van der Waals surface area contributed by atoms with Crippen molar-refractivity contribution in [1.82, 2.24) is 20.7 Å². The number of carboxylic acid groups (broad SMARTS) is 1. The van der Waals surface area contributed by atoms with Crippen molar-refractivity contribution < 1.29 is 23.8 Å². The SMILES string of the molecule is CC(c1c(Cl)ccc(F)c1Cl)N1CCN(C(=O)OC(C)(C)C)C2=C1C=C(C(=O)O)NN2. The summed E-state index contributed by atoms with van der Waals surface area (Å²) in [5, 5.41) is 9.58. The average molecular weight is 473 g/mol. The van der Waals surface area contributed by atoms with Gasteiger partial charge in [-0.1, -0.05) is 23.2 Å². The van der Waals surface area contributed by atoms with Gasteiger partial charge in [-0.15, -0.1) is 0 Å². The fraction of sp³-hybridized carbons (Fsp3) is 0.400. The van der Waals surface area contributed by atoms with Crippen molar-refractivity contribution >= 4 is 35.3 Å². The number of carbonyl (C=O) groups is 2. The lowest BCUT2D eigenvalue weighted by molar-refractivity contribution is -0.133. The summed E-state index contributed by atoms with van der Waals surface area (Å²) in [7, 11) is 0. The van der Waals surface area contributed by atoms with Crippen molar-refractivity contribution in [3.63, 3.8) is 0 Å². The maximum absolute atomic E-state index is 14.1. The molecule has 0 aromatic heterocycles. The van der Waals surface area contributed by atoms with E-state index in [1.165, 1.54) is 23.1 Å². The van der Waals surface area contributed by atoms with E-state index < -0.39 is 29.5 Å². The molecule has 2 aliphatic rings. The highest BCUT2D eigenvalue weighted by Crippen LogP contribution is 2.39. The molecule has 0 bridgehead atoms. The first-order valence-corrected chi connectivity index (χ1v) is 10.3. The molecule has 168 valence electrons. The van der Waals surface area contributed by atoms with Gasteiger partial charge in [0.1, 0.15) is 17.1 Å². The largest absolute Gasteiger partial charge is 0.477 e. The van der Waals surface area contributed by atoms with E-state index in [2.05, 4.69) is 10.9 Å². The minimum absolute atomic E-state index is 0.110. The van der Waals surface area contributed by atoms with Crippen LogP contribution in [0, 0.1) is 5.82 Å². The van der Waals surface area contributed by atoms with Crippen LogP contribution in [0.1, 0.15) is 39.3 Å². The lowest BCUT2D eigenvalue weighted by Gasteiger charge is -2.43. The molecule has 0 radical (unpaired) electrons. The van der Waals surface area contributed by atoms with Gasteiger partial charge >= 0.3 is 12.1 Å². The van der Waals surface area contributed by atoms with E-state index in [0.717, 1.165) is 0 Å². The van der Waals surface area contributed by atoms with Crippen LogP contribution in [0.5, 0.6) is 0 Å². The molecule has 1 aromatic rings. The van der Waals surface area contributed by atoms with Crippen molar-refractivity contribution in [3.05, 3.63) is 56.8 Å². The third-order valence-corrected chi connectivity index (χ3v) is 5.51. The van der Waals surface area contributed by atoms with Crippen molar-refractivity contribution in [2.75, 3.05) is 13.1 Å². The zero-order valence-electron chi connectivity index (χ0n) is 17.4. The van der Waals surface area contributed by atoms with E-state index in [1.54, 1.807) is 32.6 Å². The lowest BCUT2D eigenvalue weighted by atomic mass is 10.0. The average Bonchev–Trinajstić information content (AvgIpc) is 2.68. The monoisotopic (exact) mass is 472 g/mol. The van der Waals surface area contributed by atoms with Gasteiger partial charge in [0.25, 0.3) is 0 Å². The number of carbonyl (C=O) groups excluding carboxylic acids is 1. The van der Waals surface area contributed by atoms with Crippen LogP contribution in [-0.4, -0.2) is 45.7 Å². The molecule has 2 heterocycles. The molecule has 3 N–H and O–H groups in total. The number of nitrogens with zero attached hydrogens (tertiary/aromatic N) is 2. The molecule has 8 nitrogen and oxygen atoms in total. The summed E-state index contributed by atoms with van der Waals surface area (Å²) < 4.78 is 19.6. The lowest BCUT2D eigenvalue weighted by Crippen LogP contribution is -2.54. The molecule has 1 atom stereocenters. The minimum Gasteiger partial charge on any atom is -0.477 e. The first-order chi connectivity index (χ1) is 14.4. The molecule has 31 heavy (non-hydrogen) atoms. The second-order valence-electron chi connectivity index (χ2n) is 8.11. The minimum atomic E-state index is -1.19. The van der Waals surface area contributed by atoms with Gasteiger partial charge in [0.05, 0.1) is 16.8 Å². The predicted octanol–water partition coefficient (Wildman–Crippen LogP) is 3.99. The van der Waals surface area contributed by atoms with Gasteiger partial charge < -0.3 is 14.7 Å². The molecule has 0 aliphatic carbocycles. The molecule has 0 saturated heterocycles. The van der Waals surface area contributed by atoms with Crippen LogP contribution in [0.4, 0.5) is 9.18 Å². The van der Waals surface area contributed by atoms with Gasteiger partial charge in [-0.05, 0) is 45.9 Å². The van der Waals surface area contributed by atoms with Gasteiger partial charge in [-0.25, -0.2) is 14.0 Å². The smallest absolute Gasteiger partial charge is 0.416 e. The van der Waals surface area contributed by atoms with Gasteiger partial charge in [-0.2, -0.15) is 0 Å². The van der Waals surface area contributed by atoms with Crippen LogP contribution < -0.4 is 10.9 Å². The Morgan fingerprint density at radius 3 is 2.52 bits per heavy atom. The molecule has 11 heteroatoms. The summed E-state index contributed by atoms with van der Waals surface area (Å²) >= 11 is 12.5. The second-order valence-corrected chi connectivity index (χ2v) is 8.89. The number of allylic oxidation sites excluding steroid dienone is 1. The topological polar surface area (TPSA) is 94.1 Å². The zero-order valence-corrected chi connectivity index (χ0v) is 18.9. The normalized spacial score (nSPS) is 17.3. The quantitative estimate of drug-likeness (QED) is 0.572. The number of nitrogens with one attached hydrogen (secondary N) is 2. The van der Waals surface area contributed by atoms with Crippen LogP contribution in [0.2, 0.25) is 10.0 Å². The van der Waals surface area contributed by atoms with Crippen LogP contribution >= 0.6 is 23.2 Å². The van der Waals surface area contributed by atoms with Crippen molar-refractivity contribution in [3.8, 4) is 0 Å². The third kappa shape index (κ3) is 4.67. The molecule has 0 saturated carbocycles. The summed E-state index contributed by atoms with van der Waals surface area (Å²) in [4.78, 5) is 27.4. The van der Waals surface area contributed by atoms with E-state index in [-0.39, 0.29) is 22.3 Å². The first-order valence-electron chi connectivity index (χ1n) is 9.52. The Morgan fingerprint density at radius 2 is 1.90 bits per heavy atom. The number of amides is 1. The van der Waals surface area contributed by atoms with Crippen molar-refractivity contribution in [2.24, 2.45) is 0 Å². The number of aliphatic carboxylic acids is 1. The number of hydrazine groups is 1. The number of benzene rings is 1. The summed E-state index contributed by atoms with van der Waals surface area (Å²) in [6, 6.07) is 2.08. The number of carboxylic acids is 1. The number of rotatable bonds is 3. The van der Waals surface area contributed by atoms with Gasteiger partial charge in [-0.3, -0.25) is 15.8 Å². The summed E-state index contributed by atoms with van der Waals surface area (Å²) in [5.41, 5.74) is 5.26. The zero-order chi connectivity index (χ0) is 23.1. The Morgan fingerprint density at radius 1 is 1.23 bits per heavy atom. The van der Waals surface area contributed by atoms with E-state index in [1.807, 2.05) is 0 Å². The summed E-state index contributed by atoms with van der Waals surface area (Å²) in [6.45, 7) is 7.56. The Hall–Kier alpha value is -2.65. The Kier molecular flexibility index (Phi) is 6.29. The molecule has 0 fully saturated rings. The Labute approximate surface area is 189 Å². The molecular weight excluding hydrogens is 450 g/mol. The Bertz CT molecular complexity index is 990. The van der Waals surface area contributed by atoms with E-state index in [9.17, 15) is 19.1 Å². The van der Waals surface area contributed by atoms with Crippen LogP contribution in [0.25, 0.3) is 0 Å². The number of halogens is 3. The molecule has 1 unspecified atom stereocenters. The standard InChI is InChI=1S/C20H23Cl2FN4O4/c1-10(15-11(21)5-6-12(23)16(15)22)26-7-8-27(19(30)31-20(2,3)4)17-14(26)9-13(18(28)29)24-25-17/h5-6,9-10,24-25H,7-8H2,1-4H3,(H,28,29). The van der Waals surface area contributed by atoms with Gasteiger partial charge in [0.2, 0.25) is 0 Å². The summed E-state index contributed by atoms with van der Waals surface area (Å²) in [5.74, 6) is -1.50. The van der Waals surface area contributed by atoms with Gasteiger partial charge in [0, 0.05) is 23.7 Å². The van der Waals surface area contributed by atoms with Gasteiger partial charge in [0.15, 0.2) is 5.82 Å². The fourth-order valence-corrected chi connectivity index (χ4v) is 4.08. The first kappa shape index (κ1) is 23.0. The van der Waals surface area contributed by atoms with E-state index >= 15 is 0 Å². The number of hydrogen-bond acceptors (Lipinski definition) is 6. The molecular formula is C20H23Cl2FN4O4. The second kappa shape index (κ2) is 8.47. The highest BCUT2D eigenvalue weighted by Gasteiger charge is 2.37. The molecule has 0 spiro atoms. The maximum atomic E-state index is 14.1. The maximum Gasteiger partial charge on any atom is 0.416 e. The fourth-order valence-electron chi connectivity index (χ4n) is 3.40. The highest BCUT2D eigenvalue weighted by atomic mass is 35.5. The molecule has 1 amide bonds. The van der Waals surface area contributed by atoms with Crippen molar-refractivity contribution in [1.29, 1.82) is 0 Å². The highest BCUT2D eigenvalue weighted by molar-refractivity contribution is 6.36. The van der Waals surface area contributed by atoms with Crippen LogP contribution in [-0.2, 0) is 9.53 Å². The van der Waals surface area contributed by atoms with E-state index in [4.69, 9.17) is 27.9 Å². The number of ether oxygens (including phenoxy) is 1. The van der Waals surface area contributed by atoms with Crippen molar-refractivity contribution in [2.45, 2.75) is 39.3 Å². The van der Waals surface area contributed by atoms with Crippen LogP contribution in [0.3, 0.4) is 0 Å². The molecule has 3 rings (SSSR count). The van der Waals surface area contributed by atoms with Crippen LogP contribution in [0.15, 0.2) is 35.4 Å². The van der Waals surface area contributed by atoms with E-state index in [0.29, 0.717) is 23.6 Å². The molecule has 2 aliphatic heterocycles. The molecule has 1 aromatic carbocycles. The predicted molar refractivity (Wildman–Crippen MR) is 113 cm³/mol.